The highest BCUT2D eigenvalue weighted by Gasteiger charge is 2.15. The van der Waals surface area contributed by atoms with E-state index in [1.165, 1.54) is 0 Å². The molecule has 0 heterocycles. The number of nitrogens with one attached hydrogen (secondary N) is 1. The monoisotopic (exact) mass is 288 g/mol. The summed E-state index contributed by atoms with van der Waals surface area (Å²) in [5, 5.41) is 11.3. The van der Waals surface area contributed by atoms with Gasteiger partial charge in [0.1, 0.15) is 11.6 Å². The Labute approximate surface area is 121 Å². The van der Waals surface area contributed by atoms with Crippen molar-refractivity contribution in [2.24, 2.45) is 5.73 Å². The van der Waals surface area contributed by atoms with Gasteiger partial charge in [0, 0.05) is 6.54 Å². The van der Waals surface area contributed by atoms with Gasteiger partial charge >= 0.3 is 12.1 Å². The lowest BCUT2D eigenvalue weighted by Gasteiger charge is -2.19. The number of amides is 1. The van der Waals surface area contributed by atoms with Crippen molar-refractivity contribution in [1.82, 2.24) is 5.32 Å². The number of aliphatic carboxylic acids is 1. The lowest BCUT2D eigenvalue weighted by molar-refractivity contribution is -0.138. The predicted molar refractivity (Wildman–Crippen MR) is 77.5 cm³/mol. The summed E-state index contributed by atoms with van der Waals surface area (Å²) in [5.41, 5.74) is 4.94. The first-order chi connectivity index (χ1) is 9.22. The third-order valence-corrected chi connectivity index (χ3v) is 2.68. The molecule has 0 aliphatic rings. The molecule has 0 aromatic heterocycles. The van der Waals surface area contributed by atoms with Gasteiger partial charge in [-0.1, -0.05) is 25.7 Å². The Morgan fingerprint density at radius 1 is 1.15 bits per heavy atom. The Hall–Kier alpha value is -1.30. The van der Waals surface area contributed by atoms with Gasteiger partial charge < -0.3 is 20.9 Å². The molecule has 0 aliphatic heterocycles. The second kappa shape index (κ2) is 9.58. The molecule has 0 fully saturated rings. The highest BCUT2D eigenvalue weighted by molar-refractivity contribution is 5.72. The zero-order valence-corrected chi connectivity index (χ0v) is 12.8. The van der Waals surface area contributed by atoms with Crippen LogP contribution in [-0.2, 0) is 9.53 Å². The molecular formula is C14H28N2O4. The topological polar surface area (TPSA) is 102 Å². The summed E-state index contributed by atoms with van der Waals surface area (Å²) in [4.78, 5) is 21.8. The molecule has 4 N–H and O–H groups in total. The molecule has 1 amide bonds. The third kappa shape index (κ3) is 11.8. The van der Waals surface area contributed by atoms with Crippen molar-refractivity contribution in [2.75, 3.05) is 6.54 Å². The molecule has 0 rings (SSSR count). The van der Waals surface area contributed by atoms with Crippen molar-refractivity contribution < 1.29 is 19.4 Å². The van der Waals surface area contributed by atoms with Gasteiger partial charge in [-0.05, 0) is 33.6 Å². The van der Waals surface area contributed by atoms with E-state index in [0.717, 1.165) is 32.1 Å². The van der Waals surface area contributed by atoms with Crippen LogP contribution in [-0.4, -0.2) is 35.4 Å². The SMILES string of the molecule is CC(C)(C)OC(=O)NCCCCCCC[C@H](N)C(=O)O. The van der Waals surface area contributed by atoms with E-state index in [-0.39, 0.29) is 6.09 Å². The summed E-state index contributed by atoms with van der Waals surface area (Å²) in [6, 6.07) is -0.746. The second-order valence-electron chi connectivity index (χ2n) is 5.93. The molecule has 0 spiro atoms. The van der Waals surface area contributed by atoms with Crippen LogP contribution in [0.15, 0.2) is 0 Å². The molecule has 6 nitrogen and oxygen atoms in total. The maximum absolute atomic E-state index is 11.3. The van der Waals surface area contributed by atoms with Crippen molar-refractivity contribution in [3.05, 3.63) is 0 Å². The van der Waals surface area contributed by atoms with Gasteiger partial charge in [0.15, 0.2) is 0 Å². The number of carboxylic acids is 1. The fourth-order valence-corrected chi connectivity index (χ4v) is 1.65. The first kappa shape index (κ1) is 18.7. The smallest absolute Gasteiger partial charge is 0.407 e. The fourth-order valence-electron chi connectivity index (χ4n) is 1.65. The Morgan fingerprint density at radius 2 is 1.70 bits per heavy atom. The number of carboxylic acid groups (broad SMARTS) is 1. The minimum absolute atomic E-state index is 0.384. The van der Waals surface area contributed by atoms with Crippen LogP contribution in [0.1, 0.15) is 59.3 Å². The summed E-state index contributed by atoms with van der Waals surface area (Å²) >= 11 is 0. The second-order valence-corrected chi connectivity index (χ2v) is 5.93. The minimum atomic E-state index is -0.938. The largest absolute Gasteiger partial charge is 0.480 e. The van der Waals surface area contributed by atoms with Gasteiger partial charge in [0.05, 0.1) is 0 Å². The molecule has 6 heteroatoms. The highest BCUT2D eigenvalue weighted by atomic mass is 16.6. The quantitative estimate of drug-likeness (QED) is 0.565. The molecule has 0 aromatic carbocycles. The molecule has 118 valence electrons. The Morgan fingerprint density at radius 3 is 2.25 bits per heavy atom. The van der Waals surface area contributed by atoms with Crippen molar-refractivity contribution >= 4 is 12.1 Å². The van der Waals surface area contributed by atoms with E-state index in [1.807, 2.05) is 20.8 Å². The van der Waals surface area contributed by atoms with Crippen molar-refractivity contribution in [1.29, 1.82) is 0 Å². The number of nitrogens with two attached hydrogens (primary N) is 1. The average Bonchev–Trinajstić information content (AvgIpc) is 2.29. The van der Waals surface area contributed by atoms with Crippen LogP contribution in [0.4, 0.5) is 4.79 Å². The van der Waals surface area contributed by atoms with Crippen LogP contribution in [0.2, 0.25) is 0 Å². The first-order valence-electron chi connectivity index (χ1n) is 7.17. The molecule has 20 heavy (non-hydrogen) atoms. The highest BCUT2D eigenvalue weighted by Crippen LogP contribution is 2.08. The fraction of sp³-hybridized carbons (Fsp3) is 0.857. The number of hydrogen-bond acceptors (Lipinski definition) is 4. The number of ether oxygens (including phenoxy) is 1. The van der Waals surface area contributed by atoms with Crippen LogP contribution in [0, 0.1) is 0 Å². The molecule has 1 atom stereocenters. The van der Waals surface area contributed by atoms with E-state index < -0.39 is 17.6 Å². The number of carbonyl (C=O) groups excluding carboxylic acids is 1. The lowest BCUT2D eigenvalue weighted by atomic mass is 10.1. The molecule has 0 aromatic rings. The normalized spacial score (nSPS) is 12.8. The van der Waals surface area contributed by atoms with Crippen LogP contribution in [0.25, 0.3) is 0 Å². The number of alkyl carbamates (subject to hydrolysis) is 1. The molecule has 0 unspecified atom stereocenters. The van der Waals surface area contributed by atoms with Crippen molar-refractivity contribution in [3.63, 3.8) is 0 Å². The lowest BCUT2D eigenvalue weighted by Crippen LogP contribution is -2.32. The molecule has 0 bridgehead atoms. The number of carbonyl (C=O) groups is 2. The maximum Gasteiger partial charge on any atom is 0.407 e. The van der Waals surface area contributed by atoms with Gasteiger partial charge in [-0.3, -0.25) is 4.79 Å². The van der Waals surface area contributed by atoms with Gasteiger partial charge in [-0.2, -0.15) is 0 Å². The van der Waals surface area contributed by atoms with Gasteiger partial charge in [-0.15, -0.1) is 0 Å². The summed E-state index contributed by atoms with van der Waals surface area (Å²) in [6.07, 6.45) is 4.83. The van der Waals surface area contributed by atoms with Gasteiger partial charge in [-0.25, -0.2) is 4.79 Å². The third-order valence-electron chi connectivity index (χ3n) is 2.68. The average molecular weight is 288 g/mol. The molecular weight excluding hydrogens is 260 g/mol. The van der Waals surface area contributed by atoms with E-state index in [0.29, 0.717) is 13.0 Å². The Balaban J connectivity index is 3.37. The Kier molecular flexibility index (Phi) is 8.96. The van der Waals surface area contributed by atoms with Gasteiger partial charge in [0.25, 0.3) is 0 Å². The van der Waals surface area contributed by atoms with E-state index in [9.17, 15) is 9.59 Å². The van der Waals surface area contributed by atoms with E-state index in [2.05, 4.69) is 5.32 Å². The van der Waals surface area contributed by atoms with E-state index in [1.54, 1.807) is 0 Å². The molecule has 0 saturated carbocycles. The predicted octanol–water partition coefficient (Wildman–Crippen LogP) is 2.26. The summed E-state index contributed by atoms with van der Waals surface area (Å²) in [6.45, 7) is 6.08. The summed E-state index contributed by atoms with van der Waals surface area (Å²) in [5.74, 6) is -0.938. The Bertz CT molecular complexity index is 300. The summed E-state index contributed by atoms with van der Waals surface area (Å²) < 4.78 is 5.11. The number of rotatable bonds is 9. The molecule has 0 radical (unpaired) electrons. The summed E-state index contributed by atoms with van der Waals surface area (Å²) in [7, 11) is 0. The van der Waals surface area contributed by atoms with Crippen LogP contribution in [0.3, 0.4) is 0 Å². The van der Waals surface area contributed by atoms with E-state index in [4.69, 9.17) is 15.6 Å². The van der Waals surface area contributed by atoms with Crippen LogP contribution in [0.5, 0.6) is 0 Å². The van der Waals surface area contributed by atoms with Crippen molar-refractivity contribution in [3.8, 4) is 0 Å². The standard InChI is InChI=1S/C14H28N2O4/c1-14(2,3)20-13(19)16-10-8-6-4-5-7-9-11(15)12(17)18/h11H,4-10,15H2,1-3H3,(H,16,19)(H,17,18)/t11-/m0/s1. The number of hydrogen-bond donors (Lipinski definition) is 3. The van der Waals surface area contributed by atoms with Crippen LogP contribution >= 0.6 is 0 Å². The van der Waals surface area contributed by atoms with E-state index >= 15 is 0 Å². The maximum atomic E-state index is 11.3. The zero-order valence-electron chi connectivity index (χ0n) is 12.8. The number of unbranched alkanes of at least 4 members (excludes halogenated alkanes) is 4. The first-order valence-corrected chi connectivity index (χ1v) is 7.17. The van der Waals surface area contributed by atoms with Gasteiger partial charge in [0.2, 0.25) is 0 Å². The minimum Gasteiger partial charge on any atom is -0.480 e. The molecule has 0 aliphatic carbocycles. The zero-order chi connectivity index (χ0) is 15.6. The van der Waals surface area contributed by atoms with Crippen molar-refractivity contribution in [2.45, 2.75) is 70.9 Å². The molecule has 0 saturated heterocycles. The van der Waals surface area contributed by atoms with Crippen LogP contribution < -0.4 is 11.1 Å².